The first-order valence-electron chi connectivity index (χ1n) is 7.00. The Balaban J connectivity index is 2.13. The van der Waals surface area contributed by atoms with Gasteiger partial charge in [-0.3, -0.25) is 0 Å². The minimum Gasteiger partial charge on any atom is -0.508 e. The van der Waals surface area contributed by atoms with Crippen LogP contribution < -0.4 is 14.8 Å². The fraction of sp³-hybridized carbons (Fsp3) is 0.294. The number of anilines is 1. The Kier molecular flexibility index (Phi) is 4.93. The lowest BCUT2D eigenvalue weighted by Gasteiger charge is -2.17. The quantitative estimate of drug-likeness (QED) is 0.844. The van der Waals surface area contributed by atoms with Crippen LogP contribution >= 0.6 is 0 Å². The van der Waals surface area contributed by atoms with Crippen molar-refractivity contribution in [2.24, 2.45) is 0 Å². The minimum atomic E-state index is 0.119. The maximum absolute atomic E-state index is 9.33. The number of hydrogen-bond acceptors (Lipinski definition) is 4. The molecule has 4 nitrogen and oxygen atoms in total. The summed E-state index contributed by atoms with van der Waals surface area (Å²) in [4.78, 5) is 0. The number of ether oxygens (including phenoxy) is 2. The highest BCUT2D eigenvalue weighted by Crippen LogP contribution is 2.31. The Morgan fingerprint density at radius 2 is 1.81 bits per heavy atom. The van der Waals surface area contributed by atoms with E-state index in [0.717, 1.165) is 17.0 Å². The van der Waals surface area contributed by atoms with Gasteiger partial charge < -0.3 is 19.9 Å². The second kappa shape index (κ2) is 6.88. The number of phenols is 1. The predicted octanol–water partition coefficient (Wildman–Crippen LogP) is 3.97. The van der Waals surface area contributed by atoms with Crippen LogP contribution in [0.2, 0.25) is 0 Å². The van der Waals surface area contributed by atoms with Crippen molar-refractivity contribution in [1.29, 1.82) is 0 Å². The molecule has 0 aliphatic rings. The van der Waals surface area contributed by atoms with Crippen LogP contribution in [0.3, 0.4) is 0 Å². The van der Waals surface area contributed by atoms with Gasteiger partial charge in [0, 0.05) is 17.8 Å². The molecular formula is C17H21NO3. The third-order valence-corrected chi connectivity index (χ3v) is 3.24. The highest BCUT2D eigenvalue weighted by atomic mass is 16.5. The van der Waals surface area contributed by atoms with Crippen molar-refractivity contribution < 1.29 is 14.6 Å². The van der Waals surface area contributed by atoms with Gasteiger partial charge in [0.1, 0.15) is 5.75 Å². The Bertz CT molecular complexity index is 581. The summed E-state index contributed by atoms with van der Waals surface area (Å²) in [6.07, 6.45) is 0. The zero-order chi connectivity index (χ0) is 15.2. The van der Waals surface area contributed by atoms with E-state index in [4.69, 9.17) is 9.47 Å². The van der Waals surface area contributed by atoms with Gasteiger partial charge in [0.2, 0.25) is 0 Å². The Hall–Kier alpha value is -2.36. The predicted molar refractivity (Wildman–Crippen MR) is 84.3 cm³/mol. The van der Waals surface area contributed by atoms with Crippen molar-refractivity contribution >= 4 is 5.69 Å². The summed E-state index contributed by atoms with van der Waals surface area (Å²) in [5, 5.41) is 12.7. The van der Waals surface area contributed by atoms with Crippen LogP contribution in [-0.4, -0.2) is 18.8 Å². The standard InChI is InChI=1S/C17H21NO3/c1-4-21-16-10-7-14(11-17(16)20-3)18-12(2)13-5-8-15(19)9-6-13/h5-12,18-19H,4H2,1-3H3. The van der Waals surface area contributed by atoms with Crippen LogP contribution in [0, 0.1) is 0 Å². The average molecular weight is 287 g/mol. The molecule has 2 aromatic carbocycles. The van der Waals surface area contributed by atoms with Gasteiger partial charge in [-0.2, -0.15) is 0 Å². The molecule has 0 aliphatic heterocycles. The average Bonchev–Trinajstić information content (AvgIpc) is 2.49. The molecule has 4 heteroatoms. The van der Waals surface area contributed by atoms with E-state index in [1.807, 2.05) is 37.3 Å². The van der Waals surface area contributed by atoms with Crippen LogP contribution in [0.1, 0.15) is 25.5 Å². The summed E-state index contributed by atoms with van der Waals surface area (Å²) in [6, 6.07) is 13.1. The van der Waals surface area contributed by atoms with Crippen LogP contribution in [0.25, 0.3) is 0 Å². The molecule has 0 aromatic heterocycles. The summed E-state index contributed by atoms with van der Waals surface area (Å²) in [6.45, 7) is 4.61. The number of nitrogens with one attached hydrogen (secondary N) is 1. The van der Waals surface area contributed by atoms with Gasteiger partial charge >= 0.3 is 0 Å². The van der Waals surface area contributed by atoms with Crippen molar-refractivity contribution in [3.8, 4) is 17.2 Å². The second-order valence-corrected chi connectivity index (χ2v) is 4.76. The van der Waals surface area contributed by atoms with Gasteiger partial charge in [-0.15, -0.1) is 0 Å². The fourth-order valence-electron chi connectivity index (χ4n) is 2.13. The van der Waals surface area contributed by atoms with Gasteiger partial charge in [0.25, 0.3) is 0 Å². The van der Waals surface area contributed by atoms with E-state index in [1.54, 1.807) is 19.2 Å². The smallest absolute Gasteiger partial charge is 0.162 e. The van der Waals surface area contributed by atoms with Crippen LogP contribution in [0.4, 0.5) is 5.69 Å². The zero-order valence-corrected chi connectivity index (χ0v) is 12.6. The molecule has 1 atom stereocenters. The van der Waals surface area contributed by atoms with Crippen molar-refractivity contribution in [3.63, 3.8) is 0 Å². The van der Waals surface area contributed by atoms with E-state index >= 15 is 0 Å². The Morgan fingerprint density at radius 1 is 1.10 bits per heavy atom. The molecule has 0 heterocycles. The van der Waals surface area contributed by atoms with E-state index < -0.39 is 0 Å². The number of rotatable bonds is 6. The lowest BCUT2D eigenvalue weighted by atomic mass is 10.1. The lowest BCUT2D eigenvalue weighted by Crippen LogP contribution is -2.06. The molecule has 0 spiro atoms. The minimum absolute atomic E-state index is 0.119. The largest absolute Gasteiger partial charge is 0.508 e. The van der Waals surface area contributed by atoms with Crippen molar-refractivity contribution in [2.45, 2.75) is 19.9 Å². The molecule has 0 bridgehead atoms. The Labute approximate surface area is 125 Å². The third-order valence-electron chi connectivity index (χ3n) is 3.24. The third kappa shape index (κ3) is 3.81. The number of methoxy groups -OCH3 is 1. The number of aromatic hydroxyl groups is 1. The van der Waals surface area contributed by atoms with Crippen molar-refractivity contribution in [1.82, 2.24) is 0 Å². The SMILES string of the molecule is CCOc1ccc(NC(C)c2ccc(O)cc2)cc1OC. The molecule has 2 aromatic rings. The first-order valence-corrected chi connectivity index (χ1v) is 7.00. The summed E-state index contributed by atoms with van der Waals surface area (Å²) < 4.78 is 10.8. The maximum atomic E-state index is 9.33. The van der Waals surface area contributed by atoms with E-state index in [1.165, 1.54) is 0 Å². The number of phenolic OH excluding ortho intramolecular Hbond substituents is 1. The number of benzene rings is 2. The first-order chi connectivity index (χ1) is 10.1. The molecule has 1 unspecified atom stereocenters. The van der Waals surface area contributed by atoms with E-state index in [0.29, 0.717) is 12.4 Å². The molecule has 0 saturated carbocycles. The molecule has 112 valence electrons. The number of hydrogen-bond donors (Lipinski definition) is 2. The highest BCUT2D eigenvalue weighted by Gasteiger charge is 2.09. The Morgan fingerprint density at radius 3 is 2.43 bits per heavy atom. The van der Waals surface area contributed by atoms with Crippen LogP contribution in [0.5, 0.6) is 17.2 Å². The molecule has 0 saturated heterocycles. The molecular weight excluding hydrogens is 266 g/mol. The highest BCUT2D eigenvalue weighted by molar-refractivity contribution is 5.55. The van der Waals surface area contributed by atoms with Gasteiger partial charge in [-0.05, 0) is 43.7 Å². The molecule has 21 heavy (non-hydrogen) atoms. The zero-order valence-electron chi connectivity index (χ0n) is 12.6. The fourth-order valence-corrected chi connectivity index (χ4v) is 2.13. The van der Waals surface area contributed by atoms with Gasteiger partial charge in [-0.1, -0.05) is 12.1 Å². The van der Waals surface area contributed by atoms with E-state index in [9.17, 15) is 5.11 Å². The molecule has 0 radical (unpaired) electrons. The second-order valence-electron chi connectivity index (χ2n) is 4.76. The topological polar surface area (TPSA) is 50.7 Å². The van der Waals surface area contributed by atoms with E-state index in [-0.39, 0.29) is 11.8 Å². The van der Waals surface area contributed by atoms with Crippen LogP contribution in [-0.2, 0) is 0 Å². The molecule has 0 amide bonds. The van der Waals surface area contributed by atoms with Crippen molar-refractivity contribution in [3.05, 3.63) is 48.0 Å². The molecule has 0 aliphatic carbocycles. The monoisotopic (exact) mass is 287 g/mol. The van der Waals surface area contributed by atoms with Gasteiger partial charge in [0.15, 0.2) is 11.5 Å². The summed E-state index contributed by atoms with van der Waals surface area (Å²) in [7, 11) is 1.63. The van der Waals surface area contributed by atoms with Crippen LogP contribution in [0.15, 0.2) is 42.5 Å². The molecule has 2 N–H and O–H groups in total. The van der Waals surface area contributed by atoms with Gasteiger partial charge in [-0.25, -0.2) is 0 Å². The summed E-state index contributed by atoms with van der Waals surface area (Å²) >= 11 is 0. The molecule has 2 rings (SSSR count). The maximum Gasteiger partial charge on any atom is 0.162 e. The summed E-state index contributed by atoms with van der Waals surface area (Å²) in [5.74, 6) is 1.72. The first kappa shape index (κ1) is 15.0. The van der Waals surface area contributed by atoms with Gasteiger partial charge in [0.05, 0.1) is 13.7 Å². The van der Waals surface area contributed by atoms with Crippen molar-refractivity contribution in [2.75, 3.05) is 19.0 Å². The normalized spacial score (nSPS) is 11.8. The van der Waals surface area contributed by atoms with E-state index in [2.05, 4.69) is 12.2 Å². The molecule has 0 fully saturated rings. The lowest BCUT2D eigenvalue weighted by molar-refractivity contribution is 0.311. The summed E-state index contributed by atoms with van der Waals surface area (Å²) in [5.41, 5.74) is 2.05.